The monoisotopic (exact) mass is 817 g/mol. The van der Waals surface area contributed by atoms with Gasteiger partial charge in [-0.15, -0.1) is 0 Å². The summed E-state index contributed by atoms with van der Waals surface area (Å²) in [5.41, 5.74) is 18.4. The van der Waals surface area contributed by atoms with E-state index in [1.807, 2.05) is 24.3 Å². The second-order valence-corrected chi connectivity index (χ2v) is 16.8. The van der Waals surface area contributed by atoms with Crippen LogP contribution in [0.5, 0.6) is 0 Å². The molecule has 0 N–H and O–H groups in total. The Morgan fingerprint density at radius 1 is 0.281 bits per heavy atom. The maximum atomic E-state index is 6.22. The van der Waals surface area contributed by atoms with Crippen LogP contribution in [0.15, 0.2) is 245 Å². The number of hydrogen-bond acceptors (Lipinski definition) is 3. The molecule has 0 radical (unpaired) electrons. The van der Waals surface area contributed by atoms with Gasteiger partial charge in [0.15, 0.2) is 0 Å². The first kappa shape index (κ1) is 36.3. The Labute approximate surface area is 370 Å². The minimum absolute atomic E-state index is 0.483. The first-order valence-corrected chi connectivity index (χ1v) is 21.9. The molecule has 10 aromatic carbocycles. The van der Waals surface area contributed by atoms with Crippen LogP contribution < -0.4 is 4.90 Å². The van der Waals surface area contributed by atoms with Gasteiger partial charge >= 0.3 is 0 Å². The second kappa shape index (κ2) is 14.3. The van der Waals surface area contributed by atoms with E-state index in [2.05, 4.69) is 217 Å². The van der Waals surface area contributed by atoms with Crippen LogP contribution in [0.4, 0.5) is 17.1 Å². The fraction of sp³-hybridized carbons (Fsp3) is 0.0164. The fourth-order valence-corrected chi connectivity index (χ4v) is 10.5. The number of benzene rings is 10. The number of para-hydroxylation sites is 2. The summed E-state index contributed by atoms with van der Waals surface area (Å²) in [6.07, 6.45) is 0. The van der Waals surface area contributed by atoms with Crippen LogP contribution in [0.25, 0.3) is 77.3 Å². The summed E-state index contributed by atoms with van der Waals surface area (Å²) in [5, 5.41) is 4.47. The summed E-state index contributed by atoms with van der Waals surface area (Å²) in [6, 6.07) is 85.5. The molecule has 0 fully saturated rings. The van der Waals surface area contributed by atoms with Gasteiger partial charge in [-0.3, -0.25) is 0 Å². The van der Waals surface area contributed by atoms with E-state index in [0.717, 1.165) is 83.2 Å². The van der Waals surface area contributed by atoms with Gasteiger partial charge in [-0.1, -0.05) is 164 Å². The standard InChI is InChI=1S/C61H39NO2/c1-2-16-44(17-3-1)61(55-24-8-4-20-49(55)50-21-5-9-25-56(50)61)45-30-32-46(33-31-45)62(47-18-12-14-40(36-47)42-28-34-59-53(38-42)51-22-6-10-26-57(51)63-59)48-19-13-15-41(37-48)43-29-35-60-54(39-43)52-23-7-11-27-58(52)64-60/h1-39H. The predicted octanol–water partition coefficient (Wildman–Crippen LogP) is 16.7. The van der Waals surface area contributed by atoms with Crippen molar-refractivity contribution in [3.8, 4) is 33.4 Å². The summed E-state index contributed by atoms with van der Waals surface area (Å²) in [6.45, 7) is 0. The van der Waals surface area contributed by atoms with E-state index in [1.54, 1.807) is 0 Å². The first-order chi connectivity index (χ1) is 31.7. The molecule has 2 aromatic heterocycles. The zero-order valence-corrected chi connectivity index (χ0v) is 34.8. The number of nitrogens with zero attached hydrogens (tertiary/aromatic N) is 1. The number of fused-ring (bicyclic) bond motifs is 9. The molecule has 64 heavy (non-hydrogen) atoms. The van der Waals surface area contributed by atoms with Crippen molar-refractivity contribution in [2.45, 2.75) is 5.41 Å². The zero-order chi connectivity index (χ0) is 42.2. The van der Waals surface area contributed by atoms with Gasteiger partial charge in [0.05, 0.1) is 5.41 Å². The predicted molar refractivity (Wildman–Crippen MR) is 264 cm³/mol. The van der Waals surface area contributed by atoms with E-state index < -0.39 is 5.41 Å². The van der Waals surface area contributed by atoms with E-state index in [4.69, 9.17) is 8.83 Å². The lowest BCUT2D eigenvalue weighted by molar-refractivity contribution is 0.668. The molecule has 3 heteroatoms. The molecule has 300 valence electrons. The molecule has 0 spiro atoms. The third-order valence-corrected chi connectivity index (χ3v) is 13.3. The summed E-state index contributed by atoms with van der Waals surface area (Å²) < 4.78 is 12.4. The highest BCUT2D eigenvalue weighted by atomic mass is 16.3. The van der Waals surface area contributed by atoms with Crippen molar-refractivity contribution in [3.05, 3.63) is 259 Å². The van der Waals surface area contributed by atoms with E-state index in [9.17, 15) is 0 Å². The Balaban J connectivity index is 0.979. The first-order valence-electron chi connectivity index (χ1n) is 21.9. The Kier molecular flexibility index (Phi) is 8.13. The highest BCUT2D eigenvalue weighted by Gasteiger charge is 2.45. The molecule has 0 amide bonds. The molecule has 0 saturated carbocycles. The highest BCUT2D eigenvalue weighted by molar-refractivity contribution is 6.07. The minimum Gasteiger partial charge on any atom is -0.456 e. The third-order valence-electron chi connectivity index (χ3n) is 13.3. The summed E-state index contributed by atoms with van der Waals surface area (Å²) >= 11 is 0. The fourth-order valence-electron chi connectivity index (χ4n) is 10.5. The van der Waals surface area contributed by atoms with Crippen molar-refractivity contribution in [3.63, 3.8) is 0 Å². The lowest BCUT2D eigenvalue weighted by Gasteiger charge is -2.34. The van der Waals surface area contributed by atoms with Crippen molar-refractivity contribution in [2.24, 2.45) is 0 Å². The SMILES string of the molecule is c1ccc(C2(c3ccc(N(c4cccc(-c5ccc6oc7ccccc7c6c5)c4)c4cccc(-c5ccc6oc7ccccc7c6c5)c4)cc3)c3ccccc3-c3ccccc32)cc1. The van der Waals surface area contributed by atoms with Gasteiger partial charge in [-0.25, -0.2) is 0 Å². The second-order valence-electron chi connectivity index (χ2n) is 16.8. The molecule has 0 bridgehead atoms. The van der Waals surface area contributed by atoms with Crippen LogP contribution in [0.2, 0.25) is 0 Å². The van der Waals surface area contributed by atoms with Crippen molar-refractivity contribution in [1.29, 1.82) is 0 Å². The van der Waals surface area contributed by atoms with Crippen molar-refractivity contribution in [2.75, 3.05) is 4.90 Å². The van der Waals surface area contributed by atoms with E-state index in [0.29, 0.717) is 0 Å². The largest absolute Gasteiger partial charge is 0.456 e. The molecule has 0 aliphatic heterocycles. The van der Waals surface area contributed by atoms with E-state index in [-0.39, 0.29) is 0 Å². The van der Waals surface area contributed by atoms with E-state index in [1.165, 1.54) is 33.4 Å². The van der Waals surface area contributed by atoms with Gasteiger partial charge in [-0.2, -0.15) is 0 Å². The number of hydrogen-bond donors (Lipinski definition) is 0. The van der Waals surface area contributed by atoms with Gasteiger partial charge < -0.3 is 13.7 Å². The summed E-state index contributed by atoms with van der Waals surface area (Å²) in [7, 11) is 0. The highest BCUT2D eigenvalue weighted by Crippen LogP contribution is 2.56. The normalized spacial score (nSPS) is 12.8. The van der Waals surface area contributed by atoms with Gasteiger partial charge in [0.25, 0.3) is 0 Å². The Hall–Kier alpha value is -8.40. The number of anilines is 3. The van der Waals surface area contributed by atoms with Crippen LogP contribution >= 0.6 is 0 Å². The molecule has 0 saturated heterocycles. The average molecular weight is 818 g/mol. The topological polar surface area (TPSA) is 29.5 Å². The molecular formula is C61H39NO2. The molecule has 3 nitrogen and oxygen atoms in total. The van der Waals surface area contributed by atoms with Crippen LogP contribution in [0.1, 0.15) is 22.3 Å². The van der Waals surface area contributed by atoms with Crippen LogP contribution in [-0.4, -0.2) is 0 Å². The Bertz CT molecular complexity index is 3540. The number of rotatable bonds is 7. The zero-order valence-electron chi connectivity index (χ0n) is 34.8. The minimum atomic E-state index is -0.483. The van der Waals surface area contributed by atoms with Gasteiger partial charge in [-0.05, 0) is 128 Å². The van der Waals surface area contributed by atoms with Gasteiger partial charge in [0, 0.05) is 38.6 Å². The van der Waals surface area contributed by atoms with Gasteiger partial charge in [0.1, 0.15) is 22.3 Å². The molecule has 1 aliphatic rings. The van der Waals surface area contributed by atoms with Crippen molar-refractivity contribution in [1.82, 2.24) is 0 Å². The Morgan fingerprint density at radius 2 is 0.719 bits per heavy atom. The molecule has 0 atom stereocenters. The average Bonchev–Trinajstić information content (AvgIpc) is 4.03. The third kappa shape index (κ3) is 5.54. The van der Waals surface area contributed by atoms with Crippen molar-refractivity contribution >= 4 is 60.9 Å². The summed E-state index contributed by atoms with van der Waals surface area (Å²) in [4.78, 5) is 2.39. The smallest absolute Gasteiger partial charge is 0.135 e. The maximum Gasteiger partial charge on any atom is 0.135 e. The molecule has 0 unspecified atom stereocenters. The van der Waals surface area contributed by atoms with Crippen LogP contribution in [-0.2, 0) is 5.41 Å². The van der Waals surface area contributed by atoms with Crippen LogP contribution in [0, 0.1) is 0 Å². The maximum absolute atomic E-state index is 6.22. The van der Waals surface area contributed by atoms with E-state index >= 15 is 0 Å². The molecule has 1 aliphatic carbocycles. The lowest BCUT2D eigenvalue weighted by atomic mass is 9.68. The molecule has 2 heterocycles. The molecule has 13 rings (SSSR count). The lowest BCUT2D eigenvalue weighted by Crippen LogP contribution is -2.28. The quantitative estimate of drug-likeness (QED) is 0.160. The van der Waals surface area contributed by atoms with Gasteiger partial charge in [0.2, 0.25) is 0 Å². The van der Waals surface area contributed by atoms with Crippen molar-refractivity contribution < 1.29 is 8.83 Å². The molecule has 12 aromatic rings. The van der Waals surface area contributed by atoms with Crippen LogP contribution in [0.3, 0.4) is 0 Å². The Morgan fingerprint density at radius 3 is 1.27 bits per heavy atom. The molecular weight excluding hydrogens is 779 g/mol. The summed E-state index contributed by atoms with van der Waals surface area (Å²) in [5.74, 6) is 0. The number of furan rings is 2.